The van der Waals surface area contributed by atoms with Crippen LogP contribution in [0.1, 0.15) is 12.0 Å². The fraction of sp³-hybridized carbons (Fsp3) is 0.182. The Morgan fingerprint density at radius 2 is 1.77 bits per heavy atom. The summed E-state index contributed by atoms with van der Waals surface area (Å²) < 4.78 is 18.3. The molecular formula is C22H18FN2O6-. The maximum absolute atomic E-state index is 13.2. The molecule has 1 atom stereocenters. The summed E-state index contributed by atoms with van der Waals surface area (Å²) in [5, 5.41) is 10.7. The van der Waals surface area contributed by atoms with Crippen LogP contribution in [0.5, 0.6) is 5.75 Å². The summed E-state index contributed by atoms with van der Waals surface area (Å²) in [5.41, 5.74) is 0.817. The summed E-state index contributed by atoms with van der Waals surface area (Å²) in [6.45, 7) is -0.0544. The van der Waals surface area contributed by atoms with Crippen LogP contribution < -0.4 is 14.7 Å². The first-order valence-corrected chi connectivity index (χ1v) is 9.25. The molecule has 0 aromatic heterocycles. The van der Waals surface area contributed by atoms with Gasteiger partial charge in [-0.25, -0.2) is 9.29 Å². The molecule has 2 aromatic carbocycles. The summed E-state index contributed by atoms with van der Waals surface area (Å²) in [5.74, 6) is -3.50. The van der Waals surface area contributed by atoms with Crippen molar-refractivity contribution < 1.29 is 33.4 Å². The van der Waals surface area contributed by atoms with Crippen LogP contribution in [0.25, 0.3) is 0 Å². The number of hydrogen-bond acceptors (Lipinski definition) is 6. The summed E-state index contributed by atoms with van der Waals surface area (Å²) in [7, 11) is 1.50. The van der Waals surface area contributed by atoms with E-state index in [1.54, 1.807) is 24.3 Å². The van der Waals surface area contributed by atoms with Gasteiger partial charge < -0.3 is 19.5 Å². The van der Waals surface area contributed by atoms with E-state index >= 15 is 0 Å². The molecule has 8 nitrogen and oxygen atoms in total. The minimum atomic E-state index is -1.57. The SMILES string of the molecule is COc1ccc(CN(C(=O)C=CC(=O)[O-])C2CC(=O)N(c3ccc(F)cc3)C2=O)cc1. The van der Waals surface area contributed by atoms with E-state index < -0.39 is 35.5 Å². The highest BCUT2D eigenvalue weighted by Gasteiger charge is 2.44. The second-order valence-corrected chi connectivity index (χ2v) is 6.73. The van der Waals surface area contributed by atoms with Gasteiger partial charge in [0.25, 0.3) is 5.91 Å². The van der Waals surface area contributed by atoms with Crippen LogP contribution in [0.3, 0.4) is 0 Å². The Morgan fingerprint density at radius 3 is 2.35 bits per heavy atom. The Morgan fingerprint density at radius 1 is 1.13 bits per heavy atom. The first-order chi connectivity index (χ1) is 14.8. The molecule has 1 saturated heterocycles. The van der Waals surface area contributed by atoms with E-state index in [9.17, 15) is 28.7 Å². The van der Waals surface area contributed by atoms with Gasteiger partial charge in [0.2, 0.25) is 11.8 Å². The van der Waals surface area contributed by atoms with E-state index in [1.165, 1.54) is 19.2 Å². The van der Waals surface area contributed by atoms with E-state index in [4.69, 9.17) is 4.74 Å². The van der Waals surface area contributed by atoms with Crippen LogP contribution in [-0.2, 0) is 25.7 Å². The molecule has 0 saturated carbocycles. The molecule has 2 aromatic rings. The Balaban J connectivity index is 1.91. The van der Waals surface area contributed by atoms with Crippen molar-refractivity contribution in [1.82, 2.24) is 4.90 Å². The van der Waals surface area contributed by atoms with Gasteiger partial charge in [0.15, 0.2) is 0 Å². The second kappa shape index (κ2) is 9.21. The smallest absolute Gasteiger partial charge is 0.257 e. The minimum Gasteiger partial charge on any atom is -0.545 e. The molecule has 1 heterocycles. The van der Waals surface area contributed by atoms with Crippen molar-refractivity contribution in [3.63, 3.8) is 0 Å². The number of amides is 3. The predicted octanol–water partition coefficient (Wildman–Crippen LogP) is 0.801. The van der Waals surface area contributed by atoms with Gasteiger partial charge in [-0.2, -0.15) is 0 Å². The van der Waals surface area contributed by atoms with E-state index in [1.807, 2.05) is 0 Å². The lowest BCUT2D eigenvalue weighted by Gasteiger charge is -2.27. The molecule has 0 aliphatic carbocycles. The average molecular weight is 425 g/mol. The third-order valence-corrected chi connectivity index (χ3v) is 4.74. The number of aliphatic carboxylic acids is 1. The maximum atomic E-state index is 13.2. The van der Waals surface area contributed by atoms with Crippen molar-refractivity contribution >= 4 is 29.4 Å². The summed E-state index contributed by atoms with van der Waals surface area (Å²) in [6, 6.07) is 10.4. The number of nitrogens with zero attached hydrogens (tertiary/aromatic N) is 2. The molecule has 1 aliphatic rings. The summed E-state index contributed by atoms with van der Waals surface area (Å²) in [4.78, 5) is 51.0. The van der Waals surface area contributed by atoms with Gasteiger partial charge in [0, 0.05) is 12.6 Å². The number of methoxy groups -OCH3 is 1. The number of hydrogen-bond donors (Lipinski definition) is 0. The number of benzene rings is 2. The normalized spacial score (nSPS) is 16.1. The summed E-state index contributed by atoms with van der Waals surface area (Å²) in [6.07, 6.45) is 1.04. The molecule has 3 rings (SSSR count). The fourth-order valence-corrected chi connectivity index (χ4v) is 3.23. The zero-order chi connectivity index (χ0) is 22.5. The van der Waals surface area contributed by atoms with Crippen molar-refractivity contribution in [1.29, 1.82) is 0 Å². The van der Waals surface area contributed by atoms with Gasteiger partial charge in [-0.3, -0.25) is 14.4 Å². The molecule has 1 fully saturated rings. The zero-order valence-electron chi connectivity index (χ0n) is 16.5. The van der Waals surface area contributed by atoms with Crippen LogP contribution in [0.4, 0.5) is 10.1 Å². The van der Waals surface area contributed by atoms with E-state index in [0.29, 0.717) is 17.4 Å². The van der Waals surface area contributed by atoms with E-state index in [0.717, 1.165) is 28.0 Å². The van der Waals surface area contributed by atoms with Crippen molar-refractivity contribution in [2.24, 2.45) is 0 Å². The third kappa shape index (κ3) is 4.95. The van der Waals surface area contributed by atoms with Crippen molar-refractivity contribution in [2.45, 2.75) is 19.0 Å². The van der Waals surface area contributed by atoms with Gasteiger partial charge in [0.05, 0.1) is 25.2 Å². The topological polar surface area (TPSA) is 107 Å². The van der Waals surface area contributed by atoms with Gasteiger partial charge in [0.1, 0.15) is 17.6 Å². The highest BCUT2D eigenvalue weighted by molar-refractivity contribution is 6.23. The highest BCUT2D eigenvalue weighted by Crippen LogP contribution is 2.27. The number of imide groups is 1. The second-order valence-electron chi connectivity index (χ2n) is 6.73. The number of carbonyl (C=O) groups is 4. The number of carboxylic acids is 1. The molecule has 0 N–H and O–H groups in total. The third-order valence-electron chi connectivity index (χ3n) is 4.74. The first kappa shape index (κ1) is 21.7. The molecule has 0 spiro atoms. The molecule has 1 aliphatic heterocycles. The van der Waals surface area contributed by atoms with Gasteiger partial charge in [-0.05, 0) is 48.0 Å². The average Bonchev–Trinajstić information content (AvgIpc) is 3.05. The highest BCUT2D eigenvalue weighted by atomic mass is 19.1. The molecule has 31 heavy (non-hydrogen) atoms. The maximum Gasteiger partial charge on any atom is 0.257 e. The Bertz CT molecular complexity index is 1030. The van der Waals surface area contributed by atoms with Crippen LogP contribution in [0, 0.1) is 5.82 Å². The van der Waals surface area contributed by atoms with Crippen molar-refractivity contribution in [3.05, 3.63) is 72.1 Å². The number of ether oxygens (including phenoxy) is 1. The molecule has 9 heteroatoms. The van der Waals surface area contributed by atoms with E-state index in [-0.39, 0.29) is 18.7 Å². The molecule has 160 valence electrons. The van der Waals surface area contributed by atoms with Gasteiger partial charge in [-0.15, -0.1) is 0 Å². The monoisotopic (exact) mass is 425 g/mol. The van der Waals surface area contributed by atoms with Crippen molar-refractivity contribution in [3.8, 4) is 5.75 Å². The van der Waals surface area contributed by atoms with Crippen LogP contribution in [0.15, 0.2) is 60.7 Å². The molecule has 0 bridgehead atoms. The Labute approximate surface area is 177 Å². The van der Waals surface area contributed by atoms with Gasteiger partial charge >= 0.3 is 0 Å². The number of carboxylic acid groups (broad SMARTS) is 1. The van der Waals surface area contributed by atoms with Crippen LogP contribution >= 0.6 is 0 Å². The lowest BCUT2D eigenvalue weighted by atomic mass is 10.1. The number of anilines is 1. The van der Waals surface area contributed by atoms with Crippen molar-refractivity contribution in [2.75, 3.05) is 12.0 Å². The van der Waals surface area contributed by atoms with Crippen LogP contribution in [0.2, 0.25) is 0 Å². The molecular weight excluding hydrogens is 407 g/mol. The first-order valence-electron chi connectivity index (χ1n) is 9.25. The summed E-state index contributed by atoms with van der Waals surface area (Å²) >= 11 is 0. The van der Waals surface area contributed by atoms with E-state index in [2.05, 4.69) is 0 Å². The fourth-order valence-electron chi connectivity index (χ4n) is 3.23. The quantitative estimate of drug-likeness (QED) is 0.480. The predicted molar refractivity (Wildman–Crippen MR) is 105 cm³/mol. The minimum absolute atomic E-state index is 0.0544. The van der Waals surface area contributed by atoms with Crippen LogP contribution in [-0.4, -0.2) is 41.7 Å². The molecule has 0 radical (unpaired) electrons. The van der Waals surface area contributed by atoms with Gasteiger partial charge in [-0.1, -0.05) is 12.1 Å². The largest absolute Gasteiger partial charge is 0.545 e. The number of carbonyl (C=O) groups excluding carboxylic acids is 4. The standard InChI is InChI=1S/C22H19FN2O6/c1-31-17-8-2-14(3-9-17)13-24(19(26)10-11-21(28)29)18-12-20(27)25(22(18)30)16-6-4-15(23)5-7-16/h2-11,18H,12-13H2,1H3,(H,28,29)/p-1. The lowest BCUT2D eigenvalue weighted by Crippen LogP contribution is -2.44. The lowest BCUT2D eigenvalue weighted by molar-refractivity contribution is -0.297. The Hall–Kier alpha value is -4.01. The Kier molecular flexibility index (Phi) is 6.44. The number of rotatable bonds is 7. The molecule has 3 amide bonds. The zero-order valence-corrected chi connectivity index (χ0v) is 16.5. The number of halogens is 1. The molecule has 1 unspecified atom stereocenters.